The smallest absolute Gasteiger partial charge is 0.378 e. The van der Waals surface area contributed by atoms with Gasteiger partial charge in [-0.3, -0.25) is 14.4 Å². The summed E-state index contributed by atoms with van der Waals surface area (Å²) >= 11 is 0. The van der Waals surface area contributed by atoms with E-state index in [2.05, 4.69) is 16.0 Å². The number of carbonyl (C=O) groups is 3. The van der Waals surface area contributed by atoms with Crippen molar-refractivity contribution in [1.82, 2.24) is 20.5 Å². The van der Waals surface area contributed by atoms with Crippen LogP contribution in [-0.4, -0.2) is 160 Å². The first-order valence-corrected chi connectivity index (χ1v) is 26.8. The quantitative estimate of drug-likeness (QED) is 0.0269. The Morgan fingerprint density at radius 3 is 1.57 bits per heavy atom. The van der Waals surface area contributed by atoms with Gasteiger partial charge in [0.15, 0.2) is 9.84 Å². The number of nitrogens with two attached hydrogens (primary N) is 3. The Kier molecular flexibility index (Phi) is 27.2. The number of alkyl halides is 3. The first kappa shape index (κ1) is 61.8. The van der Waals surface area contributed by atoms with Gasteiger partial charge in [-0.05, 0) is 81.1 Å². The number of fused-ring (bicyclic) bond motifs is 3. The van der Waals surface area contributed by atoms with Crippen LogP contribution in [0.5, 0.6) is 0 Å². The average molecular weight is 1070 g/mol. The number of benzene rings is 3. The minimum absolute atomic E-state index is 0.145. The molecule has 2 unspecified atom stereocenters. The second-order valence-electron chi connectivity index (χ2n) is 17.5. The minimum atomic E-state index is -4.61. The Morgan fingerprint density at radius 2 is 1.11 bits per heavy atom. The van der Waals surface area contributed by atoms with Crippen molar-refractivity contribution in [3.8, 4) is 0 Å². The number of nitrogens with zero attached hydrogens (tertiary/aromatic N) is 1. The maximum Gasteiger partial charge on any atom is 0.416 e. The molecule has 74 heavy (non-hydrogen) atoms. The molecule has 414 valence electrons. The number of nitrogens with one attached hydrogen (secondary N) is 3. The lowest BCUT2D eigenvalue weighted by atomic mass is 10.1. The lowest BCUT2D eigenvalue weighted by Gasteiger charge is -2.30. The number of carbonyl (C=O) groups excluding carboxylic acids is 3. The van der Waals surface area contributed by atoms with Gasteiger partial charge >= 0.3 is 6.18 Å². The zero-order chi connectivity index (χ0) is 53.8. The fourth-order valence-corrected chi connectivity index (χ4v) is 9.06. The number of amides is 3. The van der Waals surface area contributed by atoms with Gasteiger partial charge in [-0.15, -0.1) is 0 Å². The summed E-state index contributed by atoms with van der Waals surface area (Å²) in [6.45, 7) is 10.3. The van der Waals surface area contributed by atoms with E-state index in [0.29, 0.717) is 129 Å². The zero-order valence-electron chi connectivity index (χ0n) is 42.6. The van der Waals surface area contributed by atoms with Crippen LogP contribution in [-0.2, 0) is 60.5 Å². The number of aryl methyl sites for hydroxylation is 1. The van der Waals surface area contributed by atoms with Gasteiger partial charge in [0.2, 0.25) is 5.91 Å². The normalized spacial score (nSPS) is 13.3. The lowest BCUT2D eigenvalue weighted by Crippen LogP contribution is -2.43. The number of sulfone groups is 1. The Hall–Kier alpha value is -4.79. The highest BCUT2D eigenvalue weighted by Crippen LogP contribution is 2.32. The molecule has 2 atom stereocenters. The van der Waals surface area contributed by atoms with Crippen LogP contribution >= 0.6 is 0 Å². The lowest BCUT2D eigenvalue weighted by molar-refractivity contribution is -0.137. The van der Waals surface area contributed by atoms with Crippen molar-refractivity contribution in [3.63, 3.8) is 0 Å². The van der Waals surface area contributed by atoms with Gasteiger partial charge in [0.1, 0.15) is 5.72 Å². The van der Waals surface area contributed by atoms with Gasteiger partial charge in [-0.25, -0.2) is 8.42 Å². The molecule has 9 N–H and O–H groups in total. The largest absolute Gasteiger partial charge is 0.416 e. The van der Waals surface area contributed by atoms with Crippen molar-refractivity contribution in [2.45, 2.75) is 81.8 Å². The van der Waals surface area contributed by atoms with Gasteiger partial charge in [-0.2, -0.15) is 13.2 Å². The van der Waals surface area contributed by atoms with Crippen molar-refractivity contribution < 1.29 is 69.1 Å². The maximum atomic E-state index is 13.4. The van der Waals surface area contributed by atoms with Gasteiger partial charge in [-0.1, -0.05) is 25.5 Å². The van der Waals surface area contributed by atoms with Crippen molar-refractivity contribution in [2.24, 2.45) is 17.2 Å². The highest BCUT2D eigenvalue weighted by Gasteiger charge is 2.32. The summed E-state index contributed by atoms with van der Waals surface area (Å²) in [6, 6.07) is 14.2. The number of rotatable bonds is 39. The van der Waals surface area contributed by atoms with E-state index in [1.165, 1.54) is 0 Å². The first-order valence-electron chi connectivity index (χ1n) is 25.1. The number of aromatic nitrogens is 1. The molecule has 0 aliphatic carbocycles. The topological polar surface area (TPSA) is 269 Å². The number of hydrogen-bond acceptors (Lipinski definition) is 15. The molecule has 0 saturated carbocycles. The Balaban J connectivity index is 1.35. The fraction of sp³-hybridized carbons (Fsp3) is 0.588. The summed E-state index contributed by atoms with van der Waals surface area (Å²) in [4.78, 5) is 39.5. The predicted molar refractivity (Wildman–Crippen MR) is 274 cm³/mol. The molecule has 3 aromatic carbocycles. The van der Waals surface area contributed by atoms with Crippen LogP contribution < -0.4 is 33.2 Å². The van der Waals surface area contributed by atoms with E-state index in [-0.39, 0.29) is 61.8 Å². The molecule has 0 saturated heterocycles. The van der Waals surface area contributed by atoms with Crippen molar-refractivity contribution in [2.75, 3.05) is 118 Å². The molecule has 0 spiro atoms. The summed E-state index contributed by atoms with van der Waals surface area (Å²) < 4.78 is 107. The van der Waals surface area contributed by atoms with Gasteiger partial charge in [0.05, 0.1) is 102 Å². The Bertz CT molecular complexity index is 2330. The van der Waals surface area contributed by atoms with Crippen LogP contribution in [0.3, 0.4) is 0 Å². The molecule has 23 heteroatoms. The molecule has 0 radical (unpaired) electrons. The third-order valence-electron chi connectivity index (χ3n) is 11.6. The van der Waals surface area contributed by atoms with Crippen LogP contribution in [0.4, 0.5) is 13.2 Å². The van der Waals surface area contributed by atoms with Crippen LogP contribution in [0.1, 0.15) is 78.7 Å². The molecule has 0 fully saturated rings. The Labute approximate surface area is 431 Å². The fourth-order valence-electron chi connectivity index (χ4n) is 7.59. The van der Waals surface area contributed by atoms with E-state index < -0.39 is 39.2 Å². The van der Waals surface area contributed by atoms with Crippen LogP contribution in [0, 0.1) is 0 Å². The molecule has 1 aromatic heterocycles. The van der Waals surface area contributed by atoms with E-state index in [1.54, 1.807) is 38.1 Å². The molecule has 0 aliphatic rings. The summed E-state index contributed by atoms with van der Waals surface area (Å²) in [7, 11) is -4.05. The molecule has 0 aliphatic heterocycles. The molecule has 1 heterocycles. The second-order valence-corrected chi connectivity index (χ2v) is 19.6. The number of hydrogen-bond donors (Lipinski definition) is 6. The number of halogens is 3. The monoisotopic (exact) mass is 1070 g/mol. The van der Waals surface area contributed by atoms with Crippen LogP contribution in [0.2, 0.25) is 0 Å². The van der Waals surface area contributed by atoms with E-state index >= 15 is 0 Å². The summed E-state index contributed by atoms with van der Waals surface area (Å²) in [5, 5.41) is 10.5. The van der Waals surface area contributed by atoms with Gasteiger partial charge in [0, 0.05) is 78.6 Å². The first-order chi connectivity index (χ1) is 35.5. The van der Waals surface area contributed by atoms with E-state index in [9.17, 15) is 36.0 Å². The third-order valence-corrected chi connectivity index (χ3v) is 13.4. The van der Waals surface area contributed by atoms with Crippen molar-refractivity contribution >= 4 is 49.4 Å². The molecule has 19 nitrogen and oxygen atoms in total. The SMILES string of the molecule is CCC(C)(N)OC(CCCCC(=O)NCCCn1c2cc(C(=O)NCCOCCOCCOCCN)ccc2c2ccc(C(=O)NCCOCCOCCOCCN)cc21)CS(=O)(=O)c1ccc(C(F)(F)F)cc1. The zero-order valence-corrected chi connectivity index (χ0v) is 43.5. The molecule has 0 bridgehead atoms. The summed E-state index contributed by atoms with van der Waals surface area (Å²) in [5.41, 5.74) is 17.3. The van der Waals surface area contributed by atoms with E-state index in [1.807, 2.05) is 16.7 Å². The van der Waals surface area contributed by atoms with Crippen LogP contribution in [0.25, 0.3) is 21.8 Å². The Morgan fingerprint density at radius 1 is 0.635 bits per heavy atom. The van der Waals surface area contributed by atoms with Gasteiger partial charge < -0.3 is 70.9 Å². The third kappa shape index (κ3) is 21.8. The van der Waals surface area contributed by atoms with Crippen molar-refractivity contribution in [3.05, 3.63) is 77.4 Å². The highest BCUT2D eigenvalue weighted by atomic mass is 32.2. The predicted octanol–water partition coefficient (Wildman–Crippen LogP) is 4.30. The van der Waals surface area contributed by atoms with E-state index in [0.717, 1.165) is 46.1 Å². The second kappa shape index (κ2) is 32.6. The highest BCUT2D eigenvalue weighted by molar-refractivity contribution is 7.91. The number of unbranched alkanes of at least 4 members (excludes halogenated alkanes) is 1. The van der Waals surface area contributed by atoms with Gasteiger partial charge in [0.25, 0.3) is 11.8 Å². The summed E-state index contributed by atoms with van der Waals surface area (Å²) in [6.07, 6.45) is -3.43. The van der Waals surface area contributed by atoms with Crippen molar-refractivity contribution in [1.29, 1.82) is 0 Å². The molecule has 4 aromatic rings. The maximum absolute atomic E-state index is 13.4. The standard InChI is InChI=1S/C51H76F3N7O12S/c1-3-50(2,57)73-41(37-74(65,66)42-13-11-40(12-14-42)51(52,53)54)7-4-5-8-47(62)58-19-6-22-61-45-35-38(48(63)59-20-25-69-29-33-71-31-27-67-23-17-55)9-15-43(45)44-16-10-39(36-46(44)61)49(64)60-21-26-70-30-34-72-32-28-68-24-18-56/h9-16,35-36,41H,3-8,17-34,37,55-57H2,1-2H3,(H,58,62)(H,59,63)(H,60,64). The summed E-state index contributed by atoms with van der Waals surface area (Å²) in [5.74, 6) is -1.30. The minimum Gasteiger partial charge on any atom is -0.378 e. The van der Waals surface area contributed by atoms with E-state index in [4.69, 9.17) is 50.4 Å². The number of ether oxygens (including phenoxy) is 7. The molecule has 3 amide bonds. The molecular formula is C51H76F3N7O12S. The molecular weight excluding hydrogens is 992 g/mol. The van der Waals surface area contributed by atoms with Crippen LogP contribution in [0.15, 0.2) is 65.6 Å². The molecule has 4 rings (SSSR count). The average Bonchev–Trinajstić information content (AvgIpc) is 3.68.